The second-order valence-electron chi connectivity index (χ2n) is 5.69. The van der Waals surface area contributed by atoms with Gasteiger partial charge in [0, 0.05) is 38.4 Å². The van der Waals surface area contributed by atoms with E-state index >= 15 is 0 Å². The average Bonchev–Trinajstić information content (AvgIpc) is 2.51. The third kappa shape index (κ3) is 5.36. The maximum Gasteiger partial charge on any atom is 0.238 e. The van der Waals surface area contributed by atoms with E-state index in [0.717, 1.165) is 32.6 Å². The summed E-state index contributed by atoms with van der Waals surface area (Å²) in [4.78, 5) is 16.3. The Labute approximate surface area is 130 Å². The Hall–Kier alpha value is -1.50. The number of aliphatic hydroxyl groups is 1. The first-order valence-electron chi connectivity index (χ1n) is 7.75. The van der Waals surface area contributed by atoms with Crippen LogP contribution in [-0.4, -0.2) is 66.2 Å². The molecular formula is C16H24FN3O2. The molecule has 0 radical (unpaired) electrons. The number of rotatable bonds is 6. The lowest BCUT2D eigenvalue weighted by molar-refractivity contribution is -0.117. The molecule has 1 unspecified atom stereocenters. The van der Waals surface area contributed by atoms with E-state index in [-0.39, 0.29) is 17.8 Å². The molecule has 0 spiro atoms. The monoisotopic (exact) mass is 309 g/mol. The minimum Gasteiger partial charge on any atom is -0.392 e. The van der Waals surface area contributed by atoms with E-state index in [1.165, 1.54) is 12.1 Å². The number of hydrogen-bond acceptors (Lipinski definition) is 4. The lowest BCUT2D eigenvalue weighted by Gasteiger charge is -2.35. The standard InChI is InChI=1S/C16H24FN3O2/c1-2-15(21)11-19-7-9-20(10-8-19)12-16(22)18-14-5-3-13(17)4-6-14/h3-6,15,21H,2,7-12H2,1H3,(H,18,22). The Kier molecular flexibility index (Phi) is 6.30. The molecule has 1 aromatic carbocycles. The molecule has 1 heterocycles. The highest BCUT2D eigenvalue weighted by atomic mass is 19.1. The molecule has 0 aliphatic carbocycles. The molecule has 6 heteroatoms. The summed E-state index contributed by atoms with van der Waals surface area (Å²) in [6, 6.07) is 5.76. The minimum absolute atomic E-state index is 0.0892. The number of nitrogens with zero attached hydrogens (tertiary/aromatic N) is 2. The summed E-state index contributed by atoms with van der Waals surface area (Å²) in [6.07, 6.45) is 0.494. The lowest BCUT2D eigenvalue weighted by Crippen LogP contribution is -2.50. The van der Waals surface area contributed by atoms with Gasteiger partial charge in [0.25, 0.3) is 0 Å². The van der Waals surface area contributed by atoms with Crippen molar-refractivity contribution in [3.63, 3.8) is 0 Å². The van der Waals surface area contributed by atoms with Crippen molar-refractivity contribution in [2.24, 2.45) is 0 Å². The van der Waals surface area contributed by atoms with Crippen molar-refractivity contribution >= 4 is 11.6 Å². The molecule has 1 fully saturated rings. The Morgan fingerprint density at radius 1 is 1.23 bits per heavy atom. The van der Waals surface area contributed by atoms with E-state index in [1.54, 1.807) is 12.1 Å². The Balaban J connectivity index is 1.71. The third-order valence-corrected chi connectivity index (χ3v) is 3.90. The molecule has 0 bridgehead atoms. The SMILES string of the molecule is CCC(O)CN1CCN(CC(=O)Nc2ccc(F)cc2)CC1. The van der Waals surface area contributed by atoms with E-state index in [9.17, 15) is 14.3 Å². The molecule has 1 saturated heterocycles. The molecular weight excluding hydrogens is 285 g/mol. The summed E-state index contributed by atoms with van der Waals surface area (Å²) >= 11 is 0. The van der Waals surface area contributed by atoms with Crippen LogP contribution in [0, 0.1) is 5.82 Å². The van der Waals surface area contributed by atoms with Gasteiger partial charge in [-0.05, 0) is 30.7 Å². The number of benzene rings is 1. The molecule has 2 rings (SSSR count). The van der Waals surface area contributed by atoms with Crippen LogP contribution in [0.3, 0.4) is 0 Å². The van der Waals surface area contributed by atoms with Gasteiger partial charge in [-0.1, -0.05) is 6.92 Å². The predicted molar refractivity (Wildman–Crippen MR) is 84.2 cm³/mol. The maximum absolute atomic E-state index is 12.8. The highest BCUT2D eigenvalue weighted by Gasteiger charge is 2.20. The van der Waals surface area contributed by atoms with Crippen LogP contribution in [0.25, 0.3) is 0 Å². The topological polar surface area (TPSA) is 55.8 Å². The molecule has 1 aliphatic heterocycles. The van der Waals surface area contributed by atoms with Crippen molar-refractivity contribution in [2.45, 2.75) is 19.4 Å². The van der Waals surface area contributed by atoms with Crippen LogP contribution in [0.4, 0.5) is 10.1 Å². The van der Waals surface area contributed by atoms with E-state index in [4.69, 9.17) is 0 Å². The van der Waals surface area contributed by atoms with Crippen LogP contribution in [0.2, 0.25) is 0 Å². The zero-order valence-corrected chi connectivity index (χ0v) is 13.0. The molecule has 22 heavy (non-hydrogen) atoms. The number of amides is 1. The summed E-state index contributed by atoms with van der Waals surface area (Å²) in [5.41, 5.74) is 0.608. The van der Waals surface area contributed by atoms with Gasteiger partial charge in [-0.2, -0.15) is 0 Å². The summed E-state index contributed by atoms with van der Waals surface area (Å²) in [5, 5.41) is 12.4. The van der Waals surface area contributed by atoms with Crippen molar-refractivity contribution in [2.75, 3.05) is 44.6 Å². The number of β-amino-alcohol motifs (C(OH)–C–C–N with tert-alkyl or cyclic N) is 1. The first-order valence-corrected chi connectivity index (χ1v) is 7.75. The summed E-state index contributed by atoms with van der Waals surface area (Å²) in [7, 11) is 0. The molecule has 1 aliphatic rings. The van der Waals surface area contributed by atoms with Crippen LogP contribution in [-0.2, 0) is 4.79 Å². The first kappa shape index (κ1) is 16.9. The van der Waals surface area contributed by atoms with Crippen molar-refractivity contribution in [1.29, 1.82) is 0 Å². The summed E-state index contributed by atoms with van der Waals surface area (Å²) < 4.78 is 12.8. The normalized spacial score (nSPS) is 18.1. The van der Waals surface area contributed by atoms with Gasteiger partial charge in [0.05, 0.1) is 12.6 Å². The predicted octanol–water partition coefficient (Wildman–Crippen LogP) is 1.15. The van der Waals surface area contributed by atoms with Crippen molar-refractivity contribution in [1.82, 2.24) is 9.80 Å². The molecule has 5 nitrogen and oxygen atoms in total. The minimum atomic E-state index is -0.316. The number of nitrogens with one attached hydrogen (secondary N) is 1. The zero-order valence-electron chi connectivity index (χ0n) is 13.0. The second-order valence-corrected chi connectivity index (χ2v) is 5.69. The number of anilines is 1. The molecule has 122 valence electrons. The highest BCUT2D eigenvalue weighted by Crippen LogP contribution is 2.09. The third-order valence-electron chi connectivity index (χ3n) is 3.90. The van der Waals surface area contributed by atoms with Gasteiger partial charge in [0.2, 0.25) is 5.91 Å². The van der Waals surface area contributed by atoms with Gasteiger partial charge in [-0.15, -0.1) is 0 Å². The molecule has 0 aromatic heterocycles. The Morgan fingerprint density at radius 2 is 1.82 bits per heavy atom. The molecule has 1 aromatic rings. The largest absolute Gasteiger partial charge is 0.392 e. The Bertz CT molecular complexity index is 473. The van der Waals surface area contributed by atoms with Gasteiger partial charge < -0.3 is 10.4 Å². The molecule has 1 atom stereocenters. The smallest absolute Gasteiger partial charge is 0.238 e. The number of carbonyl (C=O) groups is 1. The fourth-order valence-corrected chi connectivity index (χ4v) is 2.49. The van der Waals surface area contributed by atoms with E-state index in [2.05, 4.69) is 15.1 Å². The quantitative estimate of drug-likeness (QED) is 0.828. The fraction of sp³-hybridized carbons (Fsp3) is 0.562. The average molecular weight is 309 g/mol. The summed E-state index contributed by atoms with van der Waals surface area (Å²) in [6.45, 7) is 6.36. The van der Waals surface area contributed by atoms with Crippen LogP contribution >= 0.6 is 0 Å². The van der Waals surface area contributed by atoms with Crippen molar-refractivity contribution < 1.29 is 14.3 Å². The van der Waals surface area contributed by atoms with Crippen molar-refractivity contribution in [3.05, 3.63) is 30.1 Å². The number of aliphatic hydroxyl groups excluding tert-OH is 1. The Morgan fingerprint density at radius 3 is 2.41 bits per heavy atom. The number of halogens is 1. The van der Waals surface area contributed by atoms with Gasteiger partial charge in [-0.25, -0.2) is 4.39 Å². The highest BCUT2D eigenvalue weighted by molar-refractivity contribution is 5.92. The van der Waals surface area contributed by atoms with Gasteiger partial charge >= 0.3 is 0 Å². The second kappa shape index (κ2) is 8.22. The summed E-state index contributed by atoms with van der Waals surface area (Å²) in [5.74, 6) is -0.406. The zero-order chi connectivity index (χ0) is 15.9. The van der Waals surface area contributed by atoms with E-state index in [1.807, 2.05) is 6.92 Å². The number of carbonyl (C=O) groups excluding carboxylic acids is 1. The number of hydrogen-bond donors (Lipinski definition) is 2. The van der Waals surface area contributed by atoms with Gasteiger partial charge in [-0.3, -0.25) is 14.6 Å². The van der Waals surface area contributed by atoms with Crippen LogP contribution < -0.4 is 5.32 Å². The van der Waals surface area contributed by atoms with Crippen LogP contribution in [0.15, 0.2) is 24.3 Å². The van der Waals surface area contributed by atoms with Crippen LogP contribution in [0.5, 0.6) is 0 Å². The van der Waals surface area contributed by atoms with Crippen molar-refractivity contribution in [3.8, 4) is 0 Å². The van der Waals surface area contributed by atoms with Gasteiger partial charge in [0.15, 0.2) is 0 Å². The molecule has 1 amide bonds. The maximum atomic E-state index is 12.8. The van der Waals surface area contributed by atoms with E-state index < -0.39 is 0 Å². The molecule has 2 N–H and O–H groups in total. The van der Waals surface area contributed by atoms with E-state index in [0.29, 0.717) is 18.8 Å². The fourth-order valence-electron chi connectivity index (χ4n) is 2.49. The van der Waals surface area contributed by atoms with Gasteiger partial charge in [0.1, 0.15) is 5.82 Å². The molecule has 0 saturated carbocycles. The lowest BCUT2D eigenvalue weighted by atomic mass is 10.2. The van der Waals surface area contributed by atoms with Crippen LogP contribution in [0.1, 0.15) is 13.3 Å². The first-order chi connectivity index (χ1) is 10.6. The number of piperazine rings is 1.